The van der Waals surface area contributed by atoms with Gasteiger partial charge in [-0.3, -0.25) is 0 Å². The Morgan fingerprint density at radius 1 is 1.17 bits per heavy atom. The molecule has 0 spiro atoms. The lowest BCUT2D eigenvalue weighted by molar-refractivity contribution is 0.446. The lowest BCUT2D eigenvalue weighted by Crippen LogP contribution is -2.33. The first kappa shape index (κ1) is 17.1. The third-order valence-electron chi connectivity index (χ3n) is 4.48. The van der Waals surface area contributed by atoms with E-state index in [2.05, 4.69) is 40.2 Å². The minimum atomic E-state index is -1.18. The number of nitrogens with zero attached hydrogens (tertiary/aromatic N) is 3. The Hall–Kier alpha value is -1.72. The summed E-state index contributed by atoms with van der Waals surface area (Å²) < 4.78 is 15.2. The second kappa shape index (κ2) is 7.90. The van der Waals surface area contributed by atoms with E-state index in [0.29, 0.717) is 6.54 Å². The predicted molar refractivity (Wildman–Crippen MR) is 99.4 cm³/mol. The molecule has 5 heteroatoms. The lowest BCUT2D eigenvalue weighted by Gasteiger charge is -2.23. The maximum Gasteiger partial charge on any atom is 0.146 e. The van der Waals surface area contributed by atoms with Crippen LogP contribution in [0, 0.1) is 6.92 Å². The average Bonchev–Trinajstić information content (AvgIpc) is 2.73. The van der Waals surface area contributed by atoms with Crippen LogP contribution in [-0.2, 0) is 17.5 Å². The normalized spacial score (nSPS) is 18.2. The van der Waals surface area contributed by atoms with E-state index in [9.17, 15) is 4.21 Å². The summed E-state index contributed by atoms with van der Waals surface area (Å²) in [5.74, 6) is 0.886. The molecule has 0 saturated heterocycles. The van der Waals surface area contributed by atoms with Crippen LogP contribution in [0.1, 0.15) is 30.9 Å². The SMILES string of the molecule is CCCCN1CCN(Cc2ccccc2C)S(=O)c2cccnc21. The summed E-state index contributed by atoms with van der Waals surface area (Å²) in [6, 6.07) is 12.2. The zero-order chi connectivity index (χ0) is 16.9. The molecule has 1 unspecified atom stereocenters. The van der Waals surface area contributed by atoms with Crippen molar-refractivity contribution in [1.82, 2.24) is 9.29 Å². The molecule has 0 aliphatic carbocycles. The van der Waals surface area contributed by atoms with Crippen LogP contribution in [0.3, 0.4) is 0 Å². The van der Waals surface area contributed by atoms with E-state index in [1.54, 1.807) is 6.20 Å². The summed E-state index contributed by atoms with van der Waals surface area (Å²) in [5.41, 5.74) is 2.48. The number of benzene rings is 1. The number of pyridine rings is 1. The summed E-state index contributed by atoms with van der Waals surface area (Å²) in [4.78, 5) is 7.65. The first-order valence-electron chi connectivity index (χ1n) is 8.62. The van der Waals surface area contributed by atoms with Crippen LogP contribution in [0.5, 0.6) is 0 Å². The third kappa shape index (κ3) is 3.68. The maximum absolute atomic E-state index is 13.1. The highest BCUT2D eigenvalue weighted by atomic mass is 32.2. The van der Waals surface area contributed by atoms with Gasteiger partial charge < -0.3 is 4.90 Å². The fourth-order valence-corrected chi connectivity index (χ4v) is 4.31. The molecule has 1 aliphatic rings. The minimum Gasteiger partial charge on any atom is -0.354 e. The summed E-state index contributed by atoms with van der Waals surface area (Å²) in [7, 11) is -1.18. The highest BCUT2D eigenvalue weighted by Crippen LogP contribution is 2.27. The van der Waals surface area contributed by atoms with Crippen molar-refractivity contribution in [3.05, 3.63) is 53.7 Å². The van der Waals surface area contributed by atoms with Crippen molar-refractivity contribution in [3.8, 4) is 0 Å². The van der Waals surface area contributed by atoms with Crippen LogP contribution in [0.25, 0.3) is 0 Å². The Kier molecular flexibility index (Phi) is 5.63. The zero-order valence-corrected chi connectivity index (χ0v) is 15.3. The number of anilines is 1. The molecule has 0 bridgehead atoms. The third-order valence-corrected chi connectivity index (χ3v) is 5.96. The monoisotopic (exact) mass is 343 g/mol. The van der Waals surface area contributed by atoms with Crippen molar-refractivity contribution in [3.63, 3.8) is 0 Å². The van der Waals surface area contributed by atoms with Gasteiger partial charge in [0, 0.05) is 32.4 Å². The van der Waals surface area contributed by atoms with Crippen molar-refractivity contribution >= 4 is 16.8 Å². The number of hydrogen-bond acceptors (Lipinski definition) is 3. The van der Waals surface area contributed by atoms with Crippen molar-refractivity contribution in [1.29, 1.82) is 0 Å². The fourth-order valence-electron chi connectivity index (χ4n) is 3.00. The van der Waals surface area contributed by atoms with Gasteiger partial charge in [-0.05, 0) is 36.6 Å². The Balaban J connectivity index is 1.87. The molecule has 2 aromatic rings. The van der Waals surface area contributed by atoms with Crippen LogP contribution >= 0.6 is 0 Å². The largest absolute Gasteiger partial charge is 0.354 e. The molecule has 0 amide bonds. The molecule has 128 valence electrons. The summed E-state index contributed by atoms with van der Waals surface area (Å²) in [6.07, 6.45) is 4.07. The van der Waals surface area contributed by atoms with Gasteiger partial charge in [-0.25, -0.2) is 13.5 Å². The Bertz CT molecular complexity index is 719. The standard InChI is InChI=1S/C19H25N3OS/c1-3-4-12-21-13-14-22(15-17-9-6-5-8-16(17)2)24(23)18-10-7-11-20-19(18)21/h5-11H,3-4,12-15H2,1-2H3. The molecule has 1 atom stereocenters. The van der Waals surface area contributed by atoms with E-state index in [-0.39, 0.29) is 0 Å². The smallest absolute Gasteiger partial charge is 0.146 e. The molecule has 0 N–H and O–H groups in total. The molecule has 0 saturated carbocycles. The highest BCUT2D eigenvalue weighted by Gasteiger charge is 2.26. The molecule has 0 fully saturated rings. The molecular weight excluding hydrogens is 318 g/mol. The number of rotatable bonds is 5. The zero-order valence-electron chi connectivity index (χ0n) is 14.4. The average molecular weight is 343 g/mol. The van der Waals surface area contributed by atoms with E-state index in [1.807, 2.05) is 24.3 Å². The molecule has 0 radical (unpaired) electrons. The molecule has 1 aromatic heterocycles. The van der Waals surface area contributed by atoms with E-state index in [0.717, 1.165) is 43.2 Å². The molecule has 24 heavy (non-hydrogen) atoms. The van der Waals surface area contributed by atoms with E-state index < -0.39 is 11.0 Å². The van der Waals surface area contributed by atoms with Gasteiger partial charge in [0.05, 0.1) is 4.90 Å². The lowest BCUT2D eigenvalue weighted by atomic mass is 10.1. The molecule has 1 aromatic carbocycles. The number of unbranched alkanes of at least 4 members (excludes halogenated alkanes) is 1. The van der Waals surface area contributed by atoms with Gasteiger partial charge in [-0.15, -0.1) is 0 Å². The van der Waals surface area contributed by atoms with Gasteiger partial charge >= 0.3 is 0 Å². The minimum absolute atomic E-state index is 0.704. The molecule has 3 rings (SSSR count). The topological polar surface area (TPSA) is 36.4 Å². The van der Waals surface area contributed by atoms with Crippen molar-refractivity contribution < 1.29 is 4.21 Å². The highest BCUT2D eigenvalue weighted by molar-refractivity contribution is 7.82. The van der Waals surface area contributed by atoms with Gasteiger partial charge in [-0.1, -0.05) is 37.6 Å². The summed E-state index contributed by atoms with van der Waals surface area (Å²) in [5, 5.41) is 0. The maximum atomic E-state index is 13.1. The van der Waals surface area contributed by atoms with Crippen LogP contribution in [0.4, 0.5) is 5.82 Å². The molecular formula is C19H25N3OS. The second-order valence-electron chi connectivity index (χ2n) is 6.20. The van der Waals surface area contributed by atoms with Crippen LogP contribution in [-0.4, -0.2) is 33.1 Å². The van der Waals surface area contributed by atoms with Gasteiger partial charge in [0.2, 0.25) is 0 Å². The Labute approximate surface area is 147 Å². The van der Waals surface area contributed by atoms with E-state index >= 15 is 0 Å². The van der Waals surface area contributed by atoms with Gasteiger partial charge in [0.15, 0.2) is 0 Å². The van der Waals surface area contributed by atoms with Crippen molar-refractivity contribution in [2.75, 3.05) is 24.5 Å². The predicted octanol–water partition coefficient (Wildman–Crippen LogP) is 3.53. The van der Waals surface area contributed by atoms with E-state index in [4.69, 9.17) is 0 Å². The Morgan fingerprint density at radius 3 is 2.79 bits per heavy atom. The Morgan fingerprint density at radius 2 is 2.00 bits per heavy atom. The molecule has 2 heterocycles. The van der Waals surface area contributed by atoms with Gasteiger partial charge in [0.1, 0.15) is 16.8 Å². The van der Waals surface area contributed by atoms with Crippen molar-refractivity contribution in [2.45, 2.75) is 38.1 Å². The molecule has 4 nitrogen and oxygen atoms in total. The van der Waals surface area contributed by atoms with Gasteiger partial charge in [-0.2, -0.15) is 0 Å². The number of hydrogen-bond donors (Lipinski definition) is 0. The van der Waals surface area contributed by atoms with Crippen LogP contribution in [0.15, 0.2) is 47.5 Å². The summed E-state index contributed by atoms with van der Waals surface area (Å²) in [6.45, 7) is 7.62. The number of aryl methyl sites for hydroxylation is 1. The second-order valence-corrected chi connectivity index (χ2v) is 7.66. The van der Waals surface area contributed by atoms with E-state index in [1.165, 1.54) is 11.1 Å². The van der Waals surface area contributed by atoms with Gasteiger partial charge in [0.25, 0.3) is 0 Å². The number of fused-ring (bicyclic) bond motifs is 1. The summed E-state index contributed by atoms with van der Waals surface area (Å²) >= 11 is 0. The quantitative estimate of drug-likeness (QED) is 0.833. The molecule has 1 aliphatic heterocycles. The number of aromatic nitrogens is 1. The first-order valence-corrected chi connectivity index (χ1v) is 9.72. The van der Waals surface area contributed by atoms with Crippen molar-refractivity contribution in [2.24, 2.45) is 0 Å². The van der Waals surface area contributed by atoms with Crippen LogP contribution in [0.2, 0.25) is 0 Å². The van der Waals surface area contributed by atoms with Crippen LogP contribution < -0.4 is 4.90 Å². The fraction of sp³-hybridized carbons (Fsp3) is 0.421. The first-order chi connectivity index (χ1) is 11.7.